The van der Waals surface area contributed by atoms with Gasteiger partial charge in [0.25, 0.3) is 11.8 Å². The van der Waals surface area contributed by atoms with Gasteiger partial charge in [-0.1, -0.05) is 53.5 Å². The Hall–Kier alpha value is -3.32. The second-order valence-electron chi connectivity index (χ2n) is 8.45. The fraction of sp³-hybridized carbons (Fsp3) is 0.154. The van der Waals surface area contributed by atoms with Crippen LogP contribution in [0.1, 0.15) is 36.7 Å². The van der Waals surface area contributed by atoms with Crippen LogP contribution in [0.15, 0.2) is 78.5 Å². The van der Waals surface area contributed by atoms with Crippen molar-refractivity contribution in [2.75, 3.05) is 0 Å². The summed E-state index contributed by atoms with van der Waals surface area (Å²) in [4.78, 5) is 25.5. The first-order valence-corrected chi connectivity index (χ1v) is 11.2. The van der Waals surface area contributed by atoms with Gasteiger partial charge >= 0.3 is 0 Å². The normalized spacial score (nSPS) is 11.6. The third-order valence-corrected chi connectivity index (χ3v) is 5.14. The summed E-state index contributed by atoms with van der Waals surface area (Å²) in [5.74, 6) is 0.248. The first kappa shape index (κ1) is 25.3. The van der Waals surface area contributed by atoms with Gasteiger partial charge < -0.3 is 10.1 Å². The topological polar surface area (TPSA) is 79.5 Å². The third kappa shape index (κ3) is 7.63. The molecule has 3 aromatic carbocycles. The highest BCUT2D eigenvalue weighted by atomic mass is 35.5. The fourth-order valence-electron chi connectivity index (χ4n) is 2.73. The molecule has 34 heavy (non-hydrogen) atoms. The molecule has 0 radical (unpaired) electrons. The molecule has 0 aromatic heterocycles. The van der Waals surface area contributed by atoms with Crippen LogP contribution in [0, 0.1) is 0 Å². The average Bonchev–Trinajstić information content (AvgIpc) is 2.80. The molecule has 0 saturated carbocycles. The maximum absolute atomic E-state index is 12.8. The van der Waals surface area contributed by atoms with E-state index in [0.29, 0.717) is 32.7 Å². The zero-order valence-electron chi connectivity index (χ0n) is 19.0. The highest BCUT2D eigenvalue weighted by molar-refractivity contribution is 6.42. The van der Waals surface area contributed by atoms with E-state index in [0.717, 1.165) is 0 Å². The van der Waals surface area contributed by atoms with E-state index in [9.17, 15) is 9.59 Å². The second-order valence-corrected chi connectivity index (χ2v) is 9.27. The lowest BCUT2D eigenvalue weighted by molar-refractivity contribution is -0.119. The Morgan fingerprint density at radius 1 is 0.853 bits per heavy atom. The summed E-state index contributed by atoms with van der Waals surface area (Å²) >= 11 is 12.0. The minimum absolute atomic E-state index is 0.0868. The van der Waals surface area contributed by atoms with Gasteiger partial charge in [0.15, 0.2) is 0 Å². The maximum Gasteiger partial charge on any atom is 0.281 e. The fourth-order valence-corrected chi connectivity index (χ4v) is 3.02. The van der Waals surface area contributed by atoms with Gasteiger partial charge in [-0.15, -0.1) is 0 Å². The number of hydrogen-bond acceptors (Lipinski definition) is 4. The van der Waals surface area contributed by atoms with Gasteiger partial charge in [-0.2, -0.15) is 0 Å². The monoisotopic (exact) mass is 497 g/mol. The van der Waals surface area contributed by atoms with E-state index in [1.165, 1.54) is 0 Å². The number of ether oxygens (including phenoxy) is 1. The molecule has 3 N–H and O–H groups in total. The van der Waals surface area contributed by atoms with E-state index in [-0.39, 0.29) is 11.2 Å². The van der Waals surface area contributed by atoms with Gasteiger partial charge in [0.05, 0.1) is 10.0 Å². The summed E-state index contributed by atoms with van der Waals surface area (Å²) in [6, 6.07) is 20.7. The van der Waals surface area contributed by atoms with E-state index in [4.69, 9.17) is 27.9 Å². The molecule has 0 saturated heterocycles. The van der Waals surface area contributed by atoms with Crippen molar-refractivity contribution in [1.82, 2.24) is 16.2 Å². The molecule has 0 aliphatic rings. The second kappa shape index (κ2) is 11.2. The molecular weight excluding hydrogens is 473 g/mol. The van der Waals surface area contributed by atoms with E-state index >= 15 is 0 Å². The van der Waals surface area contributed by atoms with E-state index in [1.54, 1.807) is 72.8 Å². The summed E-state index contributed by atoms with van der Waals surface area (Å²) in [5.41, 5.74) is 6.41. The molecule has 3 rings (SSSR count). The van der Waals surface area contributed by atoms with Gasteiger partial charge in [0.1, 0.15) is 17.2 Å². The Labute approximate surface area is 208 Å². The van der Waals surface area contributed by atoms with Crippen molar-refractivity contribution in [1.29, 1.82) is 0 Å². The van der Waals surface area contributed by atoms with Crippen molar-refractivity contribution < 1.29 is 14.3 Å². The van der Waals surface area contributed by atoms with Crippen LogP contribution in [-0.2, 0) is 4.79 Å². The van der Waals surface area contributed by atoms with Crippen LogP contribution >= 0.6 is 23.2 Å². The number of hydrazine groups is 1. The number of rotatable bonds is 7. The first-order chi connectivity index (χ1) is 16.1. The lowest BCUT2D eigenvalue weighted by atomic mass is 10.1. The summed E-state index contributed by atoms with van der Waals surface area (Å²) in [6.45, 7) is 5.73. The van der Waals surface area contributed by atoms with Gasteiger partial charge in [0, 0.05) is 17.2 Å². The van der Waals surface area contributed by atoms with Crippen molar-refractivity contribution in [3.8, 4) is 11.5 Å². The SMILES string of the molecule is CC(C)(C)NNC(=O)/C(=C/c1ccc(Oc2ccc(Cl)c(Cl)c2)cc1)NC(=O)c1ccccc1. The standard InChI is InChI=1S/C26H25Cl2N3O3/c1-26(2,3)31-30-25(33)23(29-24(32)18-7-5-4-6-8-18)15-17-9-11-19(12-10-17)34-20-13-14-21(27)22(28)16-20/h4-16,31H,1-3H3,(H,29,32)(H,30,33)/b23-15-. The lowest BCUT2D eigenvalue weighted by Gasteiger charge is -2.21. The minimum Gasteiger partial charge on any atom is -0.457 e. The van der Waals surface area contributed by atoms with Crippen LogP contribution in [0.3, 0.4) is 0 Å². The Morgan fingerprint density at radius 3 is 2.12 bits per heavy atom. The van der Waals surface area contributed by atoms with Gasteiger partial charge in [-0.05, 0) is 68.8 Å². The summed E-state index contributed by atoms with van der Waals surface area (Å²) in [7, 11) is 0. The molecule has 0 aliphatic carbocycles. The Balaban J connectivity index is 1.80. The van der Waals surface area contributed by atoms with Crippen LogP contribution in [0.5, 0.6) is 11.5 Å². The predicted octanol–water partition coefficient (Wildman–Crippen LogP) is 5.98. The van der Waals surface area contributed by atoms with Crippen LogP contribution in [0.4, 0.5) is 0 Å². The molecule has 0 heterocycles. The number of carbonyl (C=O) groups is 2. The molecule has 0 bridgehead atoms. The first-order valence-electron chi connectivity index (χ1n) is 10.5. The van der Waals surface area contributed by atoms with Crippen molar-refractivity contribution in [3.05, 3.63) is 99.7 Å². The van der Waals surface area contributed by atoms with E-state index in [2.05, 4.69) is 16.2 Å². The molecule has 0 unspecified atom stereocenters. The Morgan fingerprint density at radius 2 is 1.50 bits per heavy atom. The predicted molar refractivity (Wildman–Crippen MR) is 136 cm³/mol. The number of benzene rings is 3. The molecule has 2 amide bonds. The van der Waals surface area contributed by atoms with Crippen LogP contribution in [0.2, 0.25) is 10.0 Å². The zero-order chi connectivity index (χ0) is 24.7. The molecule has 3 aromatic rings. The van der Waals surface area contributed by atoms with Crippen LogP contribution in [0.25, 0.3) is 6.08 Å². The van der Waals surface area contributed by atoms with E-state index in [1.807, 2.05) is 26.8 Å². The third-order valence-electron chi connectivity index (χ3n) is 4.40. The number of hydrogen-bond donors (Lipinski definition) is 3. The van der Waals surface area contributed by atoms with E-state index < -0.39 is 11.8 Å². The summed E-state index contributed by atoms with van der Waals surface area (Å²) < 4.78 is 5.80. The number of carbonyl (C=O) groups excluding carboxylic acids is 2. The van der Waals surface area contributed by atoms with Crippen molar-refractivity contribution in [2.45, 2.75) is 26.3 Å². The summed E-state index contributed by atoms with van der Waals surface area (Å²) in [5, 5.41) is 3.53. The number of nitrogens with one attached hydrogen (secondary N) is 3. The summed E-state index contributed by atoms with van der Waals surface area (Å²) in [6.07, 6.45) is 1.59. The molecule has 0 fully saturated rings. The van der Waals surface area contributed by atoms with Crippen LogP contribution < -0.4 is 20.9 Å². The molecule has 8 heteroatoms. The van der Waals surface area contributed by atoms with Crippen molar-refractivity contribution in [3.63, 3.8) is 0 Å². The van der Waals surface area contributed by atoms with Crippen LogP contribution in [-0.4, -0.2) is 17.4 Å². The lowest BCUT2D eigenvalue weighted by Crippen LogP contribution is -2.50. The van der Waals surface area contributed by atoms with Gasteiger partial charge in [0.2, 0.25) is 0 Å². The average molecular weight is 498 g/mol. The molecule has 0 aliphatic heterocycles. The quantitative estimate of drug-likeness (QED) is 0.277. The highest BCUT2D eigenvalue weighted by Crippen LogP contribution is 2.29. The molecule has 0 atom stereocenters. The molecule has 0 spiro atoms. The smallest absolute Gasteiger partial charge is 0.281 e. The minimum atomic E-state index is -0.477. The number of halogens is 2. The maximum atomic E-state index is 12.8. The Kier molecular flexibility index (Phi) is 8.34. The highest BCUT2D eigenvalue weighted by Gasteiger charge is 2.17. The number of amides is 2. The van der Waals surface area contributed by atoms with Gasteiger partial charge in [-0.3, -0.25) is 15.0 Å². The Bertz CT molecular complexity index is 1190. The molecule has 176 valence electrons. The largest absolute Gasteiger partial charge is 0.457 e. The molecular formula is C26H25Cl2N3O3. The molecule has 6 nitrogen and oxygen atoms in total. The zero-order valence-corrected chi connectivity index (χ0v) is 20.5. The van der Waals surface area contributed by atoms with Gasteiger partial charge in [-0.25, -0.2) is 5.43 Å². The van der Waals surface area contributed by atoms with Crippen molar-refractivity contribution >= 4 is 41.1 Å². The van der Waals surface area contributed by atoms with Crippen molar-refractivity contribution in [2.24, 2.45) is 0 Å².